The predicted molar refractivity (Wildman–Crippen MR) is 86.5 cm³/mol. The lowest BCUT2D eigenvalue weighted by Crippen LogP contribution is -2.26. The molecule has 0 amide bonds. The van der Waals surface area contributed by atoms with Crippen LogP contribution >= 0.6 is 0 Å². The van der Waals surface area contributed by atoms with E-state index in [4.69, 9.17) is 0 Å². The first-order valence-electron chi connectivity index (χ1n) is 7.99. The molecule has 0 radical (unpaired) electrons. The normalized spacial score (nSPS) is 17.0. The summed E-state index contributed by atoms with van der Waals surface area (Å²) in [7, 11) is 0. The number of alkyl halides is 2. The van der Waals surface area contributed by atoms with Gasteiger partial charge in [-0.05, 0) is 48.9 Å². The lowest BCUT2D eigenvalue weighted by Gasteiger charge is -2.24. The van der Waals surface area contributed by atoms with Crippen LogP contribution in [0.2, 0.25) is 0 Å². The van der Waals surface area contributed by atoms with Crippen molar-refractivity contribution < 1.29 is 13.5 Å². The highest BCUT2D eigenvalue weighted by molar-refractivity contribution is 5.30. The third kappa shape index (κ3) is 4.29. The van der Waals surface area contributed by atoms with E-state index in [1.165, 1.54) is 18.4 Å². The molecule has 4 heteroatoms. The van der Waals surface area contributed by atoms with Crippen LogP contribution in [-0.4, -0.2) is 6.61 Å². The summed E-state index contributed by atoms with van der Waals surface area (Å²) >= 11 is 0. The Morgan fingerprint density at radius 1 is 0.957 bits per heavy atom. The highest BCUT2D eigenvalue weighted by atomic mass is 19.3. The lowest BCUT2D eigenvalue weighted by molar-refractivity contribution is -0.0498. The molecule has 2 aromatic carbocycles. The molecule has 0 bridgehead atoms. The van der Waals surface area contributed by atoms with Gasteiger partial charge >= 0.3 is 6.61 Å². The van der Waals surface area contributed by atoms with Crippen molar-refractivity contribution in [1.82, 2.24) is 5.32 Å². The summed E-state index contributed by atoms with van der Waals surface area (Å²) in [6.45, 7) is -0.685. The van der Waals surface area contributed by atoms with E-state index < -0.39 is 6.61 Å². The second-order valence-electron chi connectivity index (χ2n) is 6.06. The van der Waals surface area contributed by atoms with E-state index in [2.05, 4.69) is 41.2 Å². The van der Waals surface area contributed by atoms with Gasteiger partial charge < -0.3 is 10.1 Å². The third-order valence-electron chi connectivity index (χ3n) is 4.29. The smallest absolute Gasteiger partial charge is 0.387 e. The molecule has 0 spiro atoms. The molecular weight excluding hydrogens is 296 g/mol. The second kappa shape index (κ2) is 7.09. The zero-order valence-electron chi connectivity index (χ0n) is 13.1. The summed E-state index contributed by atoms with van der Waals surface area (Å²) in [5.74, 6) is 0.874. The first-order valence-corrected chi connectivity index (χ1v) is 7.99. The van der Waals surface area contributed by atoms with Crippen molar-refractivity contribution >= 4 is 0 Å². The van der Waals surface area contributed by atoms with E-state index in [1.807, 2.05) is 18.2 Å². The van der Waals surface area contributed by atoms with Crippen LogP contribution in [0.1, 0.15) is 43.0 Å². The monoisotopic (exact) mass is 317 g/mol. The molecule has 122 valence electrons. The van der Waals surface area contributed by atoms with Crippen LogP contribution < -0.4 is 10.1 Å². The molecule has 0 saturated heterocycles. The Hall–Kier alpha value is -1.94. The summed E-state index contributed by atoms with van der Waals surface area (Å²) in [5.41, 5.74) is 2.37. The number of benzene rings is 2. The fourth-order valence-electron chi connectivity index (χ4n) is 2.90. The number of hydrogen-bond acceptors (Lipinski definition) is 2. The average Bonchev–Trinajstić information content (AvgIpc) is 3.38. The maximum atomic E-state index is 12.2. The van der Waals surface area contributed by atoms with E-state index >= 15 is 0 Å². The molecule has 1 saturated carbocycles. The minimum absolute atomic E-state index is 0.140. The van der Waals surface area contributed by atoms with Crippen molar-refractivity contribution in [3.63, 3.8) is 0 Å². The number of ether oxygens (including phenoxy) is 1. The maximum Gasteiger partial charge on any atom is 0.387 e. The largest absolute Gasteiger partial charge is 0.435 e. The quantitative estimate of drug-likeness (QED) is 0.768. The molecule has 2 aromatic rings. The molecule has 2 nitrogen and oxygen atoms in total. The van der Waals surface area contributed by atoms with Crippen molar-refractivity contribution in [2.24, 2.45) is 5.92 Å². The summed E-state index contributed by atoms with van der Waals surface area (Å²) < 4.78 is 28.8. The summed E-state index contributed by atoms with van der Waals surface area (Å²) in [4.78, 5) is 0. The standard InChI is InChI=1S/C19H21F2NO/c1-13(14-9-11-17(12-10-14)23-19(20)21)22-18(16-7-8-16)15-5-3-2-4-6-15/h2-6,9-13,16,18-19,22H,7-8H2,1H3. The van der Waals surface area contributed by atoms with E-state index in [0.717, 1.165) is 5.56 Å². The summed E-state index contributed by atoms with van der Waals surface area (Å²) in [6, 6.07) is 17.8. The fourth-order valence-corrected chi connectivity index (χ4v) is 2.90. The number of nitrogens with one attached hydrogen (secondary N) is 1. The first-order chi connectivity index (χ1) is 11.1. The molecule has 1 N–H and O–H groups in total. The molecule has 1 fully saturated rings. The lowest BCUT2D eigenvalue weighted by atomic mass is 9.99. The molecule has 0 aliphatic heterocycles. The molecule has 0 heterocycles. The first kappa shape index (κ1) is 15.9. The zero-order valence-corrected chi connectivity index (χ0v) is 13.1. The van der Waals surface area contributed by atoms with Gasteiger partial charge in [0.1, 0.15) is 5.75 Å². The van der Waals surface area contributed by atoms with E-state index in [0.29, 0.717) is 12.0 Å². The summed E-state index contributed by atoms with van der Waals surface area (Å²) in [5, 5.41) is 3.68. The Balaban J connectivity index is 1.68. The van der Waals surface area contributed by atoms with Crippen LogP contribution in [-0.2, 0) is 0 Å². The van der Waals surface area contributed by atoms with Crippen molar-refractivity contribution in [1.29, 1.82) is 0 Å². The zero-order chi connectivity index (χ0) is 16.2. The van der Waals surface area contributed by atoms with Crippen LogP contribution in [0.15, 0.2) is 54.6 Å². The second-order valence-corrected chi connectivity index (χ2v) is 6.06. The fraction of sp³-hybridized carbons (Fsp3) is 0.368. The van der Waals surface area contributed by atoms with Gasteiger partial charge in [0.25, 0.3) is 0 Å². The van der Waals surface area contributed by atoms with E-state index in [9.17, 15) is 8.78 Å². The highest BCUT2D eigenvalue weighted by Crippen LogP contribution is 2.42. The van der Waals surface area contributed by atoms with Crippen LogP contribution in [0.5, 0.6) is 5.75 Å². The van der Waals surface area contributed by atoms with Gasteiger partial charge in [-0.3, -0.25) is 0 Å². The predicted octanol–water partition coefficient (Wildman–Crippen LogP) is 5.09. The number of halogens is 2. The van der Waals surface area contributed by atoms with E-state index in [1.54, 1.807) is 12.1 Å². The Bertz CT molecular complexity index is 611. The Morgan fingerprint density at radius 2 is 1.61 bits per heavy atom. The van der Waals surface area contributed by atoms with E-state index in [-0.39, 0.29) is 11.8 Å². The molecule has 1 aliphatic rings. The molecule has 3 rings (SSSR count). The van der Waals surface area contributed by atoms with Crippen LogP contribution in [0, 0.1) is 5.92 Å². The minimum Gasteiger partial charge on any atom is -0.435 e. The molecule has 23 heavy (non-hydrogen) atoms. The van der Waals surface area contributed by atoms with Crippen LogP contribution in [0.4, 0.5) is 8.78 Å². The van der Waals surface area contributed by atoms with Gasteiger partial charge in [-0.2, -0.15) is 8.78 Å². The Labute approximate surface area is 135 Å². The Kier molecular flexibility index (Phi) is 4.91. The topological polar surface area (TPSA) is 21.3 Å². The van der Waals surface area contributed by atoms with Crippen molar-refractivity contribution in [3.05, 3.63) is 65.7 Å². The van der Waals surface area contributed by atoms with Gasteiger partial charge in [0.15, 0.2) is 0 Å². The van der Waals surface area contributed by atoms with Crippen LogP contribution in [0.3, 0.4) is 0 Å². The van der Waals surface area contributed by atoms with Gasteiger partial charge in [-0.25, -0.2) is 0 Å². The van der Waals surface area contributed by atoms with Gasteiger partial charge in [-0.15, -0.1) is 0 Å². The minimum atomic E-state index is -2.78. The van der Waals surface area contributed by atoms with Gasteiger partial charge in [0.2, 0.25) is 0 Å². The number of hydrogen-bond donors (Lipinski definition) is 1. The number of rotatable bonds is 7. The molecule has 1 aliphatic carbocycles. The van der Waals surface area contributed by atoms with Crippen molar-refractivity contribution in [3.8, 4) is 5.75 Å². The summed E-state index contributed by atoms with van der Waals surface area (Å²) in [6.07, 6.45) is 2.50. The molecular formula is C19H21F2NO. The Morgan fingerprint density at radius 3 is 2.17 bits per heavy atom. The average molecular weight is 317 g/mol. The maximum absolute atomic E-state index is 12.2. The molecule has 2 unspecified atom stereocenters. The SMILES string of the molecule is CC(NC(c1ccccc1)C1CC1)c1ccc(OC(F)F)cc1. The van der Waals surface area contributed by atoms with Crippen LogP contribution in [0.25, 0.3) is 0 Å². The van der Waals surface area contributed by atoms with Crippen molar-refractivity contribution in [2.75, 3.05) is 0 Å². The van der Waals surface area contributed by atoms with Gasteiger partial charge in [0.05, 0.1) is 0 Å². The molecule has 0 aromatic heterocycles. The highest BCUT2D eigenvalue weighted by Gasteiger charge is 2.33. The van der Waals surface area contributed by atoms with Crippen molar-refractivity contribution in [2.45, 2.75) is 38.5 Å². The molecule has 2 atom stereocenters. The third-order valence-corrected chi connectivity index (χ3v) is 4.29. The van der Waals surface area contributed by atoms with Gasteiger partial charge in [-0.1, -0.05) is 42.5 Å². The van der Waals surface area contributed by atoms with Gasteiger partial charge in [0, 0.05) is 12.1 Å².